The van der Waals surface area contributed by atoms with Gasteiger partial charge in [0.2, 0.25) is 0 Å². The minimum atomic E-state index is 0. The van der Waals surface area contributed by atoms with Gasteiger partial charge in [-0.25, -0.2) is 10.2 Å². The van der Waals surface area contributed by atoms with Crippen LogP contribution in [-0.4, -0.2) is 79.9 Å². The summed E-state index contributed by atoms with van der Waals surface area (Å²) in [5, 5.41) is 33.3. The molecule has 60 valence electrons. The summed E-state index contributed by atoms with van der Waals surface area (Å²) >= 11 is 0. The predicted octanol–water partition coefficient (Wildman–Crippen LogP) is -1.99. The maximum atomic E-state index is 3.48. The molecular weight excluding hydrogens is 301 g/mol. The third-order valence-electron chi connectivity index (χ3n) is 0.846. The molecule has 0 spiro atoms. The molecular formula is C2BaN10. The van der Waals surface area contributed by atoms with Crippen LogP contribution in [0, 0.1) is 0 Å². The zero-order chi connectivity index (χ0) is 8.23. The van der Waals surface area contributed by atoms with E-state index in [-0.39, 0.29) is 60.8 Å². The summed E-state index contributed by atoms with van der Waals surface area (Å²) in [4.78, 5) is 0. The van der Waals surface area contributed by atoms with Crippen LogP contribution in [0.1, 0.15) is 0 Å². The summed E-state index contributed by atoms with van der Waals surface area (Å²) in [6.45, 7) is 0. The zero-order valence-electron chi connectivity index (χ0n) is 6.18. The van der Waals surface area contributed by atoms with Crippen molar-refractivity contribution in [3.63, 3.8) is 0 Å². The predicted molar refractivity (Wildman–Crippen MR) is 36.2 cm³/mol. The van der Waals surface area contributed by atoms with Crippen molar-refractivity contribution >= 4 is 60.8 Å². The molecule has 0 bridgehead atoms. The topological polar surface area (TPSA) is 130 Å². The Morgan fingerprint density at radius 2 is 1.31 bits per heavy atom. The van der Waals surface area contributed by atoms with Crippen LogP contribution < -0.4 is 10.2 Å². The minimum Gasteiger partial charge on any atom is -0.283 e. The SMILES string of the molecule is N(=N\c1nnn[n-]1)/c1nnn[n-]1.[Ba+2]. The third kappa shape index (κ3) is 2.92. The number of azo groups is 1. The average molecular weight is 301 g/mol. The summed E-state index contributed by atoms with van der Waals surface area (Å²) in [6.07, 6.45) is 0. The van der Waals surface area contributed by atoms with E-state index in [1.807, 2.05) is 0 Å². The van der Waals surface area contributed by atoms with E-state index in [4.69, 9.17) is 0 Å². The molecule has 0 aliphatic carbocycles. The average Bonchev–Trinajstić information content (AvgIpc) is 2.74. The number of hydrogen-bond acceptors (Lipinski definition) is 8. The zero-order valence-corrected chi connectivity index (χ0v) is 10.6. The van der Waals surface area contributed by atoms with E-state index in [2.05, 4.69) is 51.5 Å². The first-order valence-corrected chi connectivity index (χ1v) is 2.74. The molecule has 0 radical (unpaired) electrons. The van der Waals surface area contributed by atoms with Gasteiger partial charge in [-0.3, -0.25) is 20.4 Å². The van der Waals surface area contributed by atoms with E-state index in [0.717, 1.165) is 0 Å². The van der Waals surface area contributed by atoms with Crippen LogP contribution in [-0.2, 0) is 0 Å². The molecule has 0 aliphatic heterocycles. The molecule has 2 rings (SSSR count). The van der Waals surface area contributed by atoms with E-state index in [9.17, 15) is 0 Å². The molecule has 0 atom stereocenters. The molecule has 10 nitrogen and oxygen atoms in total. The molecule has 0 fully saturated rings. The van der Waals surface area contributed by atoms with Gasteiger partial charge in [-0.15, -0.1) is 10.4 Å². The Morgan fingerprint density at radius 3 is 1.62 bits per heavy atom. The fourth-order valence-corrected chi connectivity index (χ4v) is 0.449. The number of aromatic nitrogens is 8. The Bertz CT molecular complexity index is 310. The van der Waals surface area contributed by atoms with Crippen LogP contribution >= 0.6 is 0 Å². The van der Waals surface area contributed by atoms with Crippen molar-refractivity contribution in [2.75, 3.05) is 0 Å². The number of hydrogen-bond donors (Lipinski definition) is 0. The van der Waals surface area contributed by atoms with Crippen LogP contribution in [0.3, 0.4) is 0 Å². The molecule has 0 N–H and O–H groups in total. The summed E-state index contributed by atoms with van der Waals surface area (Å²) in [6, 6.07) is 0. The number of nitrogens with zero attached hydrogens (tertiary/aromatic N) is 10. The molecule has 11 heteroatoms. The van der Waals surface area contributed by atoms with Crippen LogP contribution in [0.2, 0.25) is 0 Å². The van der Waals surface area contributed by atoms with Gasteiger partial charge >= 0.3 is 48.9 Å². The van der Waals surface area contributed by atoms with Gasteiger partial charge in [0.05, 0.1) is 0 Å². The molecule has 13 heavy (non-hydrogen) atoms. The van der Waals surface area contributed by atoms with Gasteiger partial charge in [-0.05, 0) is 0 Å². The first kappa shape index (κ1) is 10.4. The van der Waals surface area contributed by atoms with Gasteiger partial charge in [0, 0.05) is 0 Å². The van der Waals surface area contributed by atoms with Gasteiger partial charge in [0.1, 0.15) is 11.9 Å². The van der Waals surface area contributed by atoms with Crippen LogP contribution in [0.5, 0.6) is 0 Å². The van der Waals surface area contributed by atoms with Crippen LogP contribution in [0.25, 0.3) is 0 Å². The monoisotopic (exact) mass is 302 g/mol. The van der Waals surface area contributed by atoms with Gasteiger partial charge in [-0.1, -0.05) is 0 Å². The van der Waals surface area contributed by atoms with Gasteiger partial charge in [0.25, 0.3) is 0 Å². The smallest absolute Gasteiger partial charge is 0.283 e. The Hall–Kier alpha value is -0.689. The van der Waals surface area contributed by atoms with Gasteiger partial charge < -0.3 is 0 Å². The number of tetrazole rings is 2. The van der Waals surface area contributed by atoms with Crippen molar-refractivity contribution in [1.29, 1.82) is 0 Å². The number of rotatable bonds is 2. The summed E-state index contributed by atoms with van der Waals surface area (Å²) in [5.74, 6) is 0.0830. The van der Waals surface area contributed by atoms with Crippen molar-refractivity contribution in [3.05, 3.63) is 0 Å². The first-order valence-electron chi connectivity index (χ1n) is 2.74. The molecule has 0 aliphatic rings. The van der Waals surface area contributed by atoms with Crippen molar-refractivity contribution in [2.24, 2.45) is 10.2 Å². The van der Waals surface area contributed by atoms with Crippen LogP contribution in [0.4, 0.5) is 11.9 Å². The third-order valence-corrected chi connectivity index (χ3v) is 0.846. The maximum Gasteiger partial charge on any atom is 2.00 e. The maximum absolute atomic E-state index is 3.48. The Balaban J connectivity index is 0.000000845. The Labute approximate surface area is 111 Å². The molecule has 0 aromatic carbocycles. The van der Waals surface area contributed by atoms with Crippen molar-refractivity contribution in [3.8, 4) is 0 Å². The molecule has 2 heterocycles. The second-order valence-corrected chi connectivity index (χ2v) is 1.56. The van der Waals surface area contributed by atoms with Crippen LogP contribution in [0.15, 0.2) is 10.2 Å². The summed E-state index contributed by atoms with van der Waals surface area (Å²) in [5.41, 5.74) is 0. The van der Waals surface area contributed by atoms with E-state index >= 15 is 0 Å². The fourth-order valence-electron chi connectivity index (χ4n) is 0.449. The standard InChI is InChI=1S/C2N10.Ba/c3(1-5-9-10-6-1)4-2-7-11-12-8-2;/q-2;+2/b4-3+;. The first-order chi connectivity index (χ1) is 5.95. The summed E-state index contributed by atoms with van der Waals surface area (Å²) in [7, 11) is 0. The normalized spacial score (nSPS) is 10.2. The fraction of sp³-hybridized carbons (Fsp3) is 0. The molecule has 2 aromatic heterocycles. The van der Waals surface area contributed by atoms with Gasteiger partial charge in [0.15, 0.2) is 0 Å². The van der Waals surface area contributed by atoms with Gasteiger partial charge in [-0.2, -0.15) is 10.4 Å². The van der Waals surface area contributed by atoms with E-state index in [1.54, 1.807) is 0 Å². The second-order valence-electron chi connectivity index (χ2n) is 1.56. The Morgan fingerprint density at radius 1 is 0.846 bits per heavy atom. The van der Waals surface area contributed by atoms with Crippen molar-refractivity contribution in [1.82, 2.24) is 41.2 Å². The minimum absolute atomic E-state index is 0. The molecule has 0 unspecified atom stereocenters. The largest absolute Gasteiger partial charge is 2.00 e. The van der Waals surface area contributed by atoms with E-state index in [1.165, 1.54) is 0 Å². The molecule has 0 saturated carbocycles. The van der Waals surface area contributed by atoms with E-state index in [0.29, 0.717) is 0 Å². The quantitative estimate of drug-likeness (QED) is 0.460. The second kappa shape index (κ2) is 5.13. The van der Waals surface area contributed by atoms with E-state index < -0.39 is 0 Å². The molecule has 0 amide bonds. The molecule has 2 aromatic rings. The van der Waals surface area contributed by atoms with Crippen molar-refractivity contribution < 1.29 is 0 Å². The summed E-state index contributed by atoms with van der Waals surface area (Å²) < 4.78 is 0. The van der Waals surface area contributed by atoms with Crippen molar-refractivity contribution in [2.45, 2.75) is 0 Å². The molecule has 0 saturated heterocycles. The Kier molecular flexibility index (Phi) is 4.10.